The summed E-state index contributed by atoms with van der Waals surface area (Å²) in [5, 5.41) is 13.6. The average Bonchev–Trinajstić information content (AvgIpc) is 3.08. The Morgan fingerprint density at radius 3 is 2.66 bits per heavy atom. The van der Waals surface area contributed by atoms with Crippen molar-refractivity contribution in [2.45, 2.75) is 45.8 Å². The number of aliphatic hydroxyl groups is 1. The molecule has 1 aliphatic rings. The van der Waals surface area contributed by atoms with Gasteiger partial charge in [-0.3, -0.25) is 4.98 Å². The number of nitrogens with zero attached hydrogens (tertiary/aromatic N) is 2. The zero-order valence-corrected chi connectivity index (χ0v) is 19.1. The average molecular weight is 427 g/mol. The summed E-state index contributed by atoms with van der Waals surface area (Å²) in [6.07, 6.45) is 3.75. The van der Waals surface area contributed by atoms with E-state index in [2.05, 4.69) is 61.4 Å². The first-order valence-electron chi connectivity index (χ1n) is 11.3. The van der Waals surface area contributed by atoms with Crippen LogP contribution in [0.3, 0.4) is 0 Å². The van der Waals surface area contributed by atoms with Crippen LogP contribution < -0.4 is 4.74 Å². The lowest BCUT2D eigenvalue weighted by atomic mass is 9.74. The summed E-state index contributed by atoms with van der Waals surface area (Å²) in [5.41, 5.74) is 6.56. The molecule has 164 valence electrons. The van der Waals surface area contributed by atoms with Crippen molar-refractivity contribution in [1.29, 1.82) is 0 Å². The van der Waals surface area contributed by atoms with Crippen LogP contribution in [0.1, 0.15) is 48.9 Å². The van der Waals surface area contributed by atoms with Crippen molar-refractivity contribution in [3.63, 3.8) is 0 Å². The molecule has 1 aliphatic carbocycles. The van der Waals surface area contributed by atoms with Crippen LogP contribution in [0.5, 0.6) is 5.75 Å². The number of rotatable bonds is 5. The highest BCUT2D eigenvalue weighted by atomic mass is 16.5. The molecular weight excluding hydrogens is 396 g/mol. The summed E-state index contributed by atoms with van der Waals surface area (Å²) in [6.45, 7) is 9.13. The van der Waals surface area contributed by atoms with Crippen LogP contribution in [0.4, 0.5) is 0 Å². The van der Waals surface area contributed by atoms with E-state index in [0.717, 1.165) is 58.4 Å². The van der Waals surface area contributed by atoms with E-state index in [0.29, 0.717) is 6.54 Å². The molecule has 0 spiro atoms. The van der Waals surface area contributed by atoms with Crippen LogP contribution in [-0.4, -0.2) is 21.8 Å². The molecule has 1 N–H and O–H groups in total. The van der Waals surface area contributed by atoms with Gasteiger partial charge in [0.1, 0.15) is 5.75 Å². The normalized spacial score (nSPS) is 17.4. The number of pyridine rings is 1. The molecule has 0 saturated heterocycles. The van der Waals surface area contributed by atoms with Gasteiger partial charge < -0.3 is 14.4 Å². The van der Waals surface area contributed by atoms with Crippen LogP contribution in [-0.2, 0) is 19.4 Å². The van der Waals surface area contributed by atoms with E-state index in [1.54, 1.807) is 7.11 Å². The van der Waals surface area contributed by atoms with Crippen LogP contribution >= 0.6 is 0 Å². The molecule has 2 heterocycles. The molecule has 0 fully saturated rings. The molecule has 32 heavy (non-hydrogen) atoms. The van der Waals surface area contributed by atoms with Gasteiger partial charge in [-0.25, -0.2) is 0 Å². The fourth-order valence-corrected chi connectivity index (χ4v) is 5.32. The molecule has 4 nitrogen and oxygen atoms in total. The lowest BCUT2D eigenvalue weighted by Gasteiger charge is -2.35. The number of aliphatic hydroxyl groups excluding tert-OH is 1. The molecule has 4 heteroatoms. The number of fused-ring (bicyclic) bond motifs is 5. The number of methoxy groups -OCH3 is 1. The predicted octanol–water partition coefficient (Wildman–Crippen LogP) is 5.98. The maximum absolute atomic E-state index is 11.2. The number of allylic oxidation sites excluding steroid dienone is 1. The van der Waals surface area contributed by atoms with E-state index in [-0.39, 0.29) is 5.41 Å². The highest BCUT2D eigenvalue weighted by molar-refractivity contribution is 6.11. The first-order chi connectivity index (χ1) is 15.4. The topological polar surface area (TPSA) is 47.3 Å². The lowest BCUT2D eigenvalue weighted by Crippen LogP contribution is -2.27. The van der Waals surface area contributed by atoms with Gasteiger partial charge in [-0.2, -0.15) is 0 Å². The molecule has 1 atom stereocenters. The van der Waals surface area contributed by atoms with Crippen molar-refractivity contribution in [1.82, 2.24) is 9.55 Å². The van der Waals surface area contributed by atoms with E-state index in [1.807, 2.05) is 18.2 Å². The predicted molar refractivity (Wildman–Crippen MR) is 130 cm³/mol. The Labute approximate surface area is 189 Å². The fourth-order valence-electron chi connectivity index (χ4n) is 5.32. The Bertz CT molecular complexity index is 1320. The van der Waals surface area contributed by atoms with Crippen molar-refractivity contribution in [3.05, 3.63) is 83.7 Å². The van der Waals surface area contributed by atoms with Crippen molar-refractivity contribution in [2.24, 2.45) is 5.41 Å². The zero-order chi connectivity index (χ0) is 22.5. The second-order valence-corrected chi connectivity index (χ2v) is 9.64. The van der Waals surface area contributed by atoms with Gasteiger partial charge in [0.05, 0.1) is 24.4 Å². The van der Waals surface area contributed by atoms with E-state index < -0.39 is 6.10 Å². The number of ether oxygens (including phenoxy) is 1. The monoisotopic (exact) mass is 426 g/mol. The molecule has 4 aromatic rings. The summed E-state index contributed by atoms with van der Waals surface area (Å²) in [7, 11) is 1.68. The summed E-state index contributed by atoms with van der Waals surface area (Å²) < 4.78 is 7.63. The number of aromatic nitrogens is 2. The first kappa shape index (κ1) is 20.8. The molecular formula is C28H30N2O2. The largest absolute Gasteiger partial charge is 0.497 e. The number of hydrogen-bond acceptors (Lipinski definition) is 3. The van der Waals surface area contributed by atoms with Gasteiger partial charge in [-0.05, 0) is 42.0 Å². The Kier molecular flexibility index (Phi) is 5.06. The minimum atomic E-state index is -0.512. The molecule has 0 amide bonds. The van der Waals surface area contributed by atoms with Gasteiger partial charge >= 0.3 is 0 Å². The van der Waals surface area contributed by atoms with Crippen LogP contribution in [0.15, 0.2) is 61.2 Å². The minimum Gasteiger partial charge on any atom is -0.497 e. The third-order valence-electron chi connectivity index (χ3n) is 6.66. The zero-order valence-electron chi connectivity index (χ0n) is 19.1. The third-order valence-corrected chi connectivity index (χ3v) is 6.66. The van der Waals surface area contributed by atoms with Gasteiger partial charge in [-0.15, -0.1) is 6.58 Å². The maximum atomic E-state index is 11.2. The minimum absolute atomic E-state index is 0.0178. The van der Waals surface area contributed by atoms with Crippen molar-refractivity contribution in [2.75, 3.05) is 7.11 Å². The van der Waals surface area contributed by atoms with Gasteiger partial charge in [0.2, 0.25) is 0 Å². The van der Waals surface area contributed by atoms with Crippen LogP contribution in [0, 0.1) is 5.41 Å². The smallest absolute Gasteiger partial charge is 0.118 e. The first-order valence-corrected chi connectivity index (χ1v) is 11.3. The molecule has 5 rings (SSSR count). The SMILES string of the molecule is C=CCn1c2ccccc2c2c3c(nc(Cc4ccc(OC)cc4)c21)CC(C)(C)CC3O. The standard InChI is InChI=1S/C28H30N2O2/c1-5-14-30-23-9-7-6-8-20(23)25-26-22(16-28(2,3)17-24(26)31)29-21(27(25)30)15-18-10-12-19(32-4)13-11-18/h5-13,24,31H,1,14-17H2,2-4H3. The fraction of sp³-hybridized carbons (Fsp3) is 0.321. The number of para-hydroxylation sites is 1. The van der Waals surface area contributed by atoms with Crippen molar-refractivity contribution in [3.8, 4) is 5.75 Å². The Balaban J connectivity index is 1.82. The molecule has 0 saturated carbocycles. The molecule has 2 aromatic heterocycles. The van der Waals surface area contributed by atoms with Crippen LogP contribution in [0.2, 0.25) is 0 Å². The van der Waals surface area contributed by atoms with Crippen molar-refractivity contribution < 1.29 is 9.84 Å². The highest BCUT2D eigenvalue weighted by Gasteiger charge is 2.35. The quantitative estimate of drug-likeness (QED) is 0.399. The molecule has 0 bridgehead atoms. The summed E-state index contributed by atoms with van der Waals surface area (Å²) >= 11 is 0. The van der Waals surface area contributed by atoms with E-state index >= 15 is 0 Å². The van der Waals surface area contributed by atoms with Crippen molar-refractivity contribution >= 4 is 21.8 Å². The molecule has 1 unspecified atom stereocenters. The summed E-state index contributed by atoms with van der Waals surface area (Å²) in [6, 6.07) is 16.7. The van der Waals surface area contributed by atoms with Crippen LogP contribution in [0.25, 0.3) is 21.8 Å². The lowest BCUT2D eigenvalue weighted by molar-refractivity contribution is 0.0997. The Morgan fingerprint density at radius 1 is 1.19 bits per heavy atom. The second-order valence-electron chi connectivity index (χ2n) is 9.64. The summed E-state index contributed by atoms with van der Waals surface area (Å²) in [4.78, 5) is 5.22. The van der Waals surface area contributed by atoms with E-state index in [4.69, 9.17) is 9.72 Å². The van der Waals surface area contributed by atoms with E-state index in [9.17, 15) is 5.11 Å². The molecule has 0 aliphatic heterocycles. The Hall–Kier alpha value is -3.11. The summed E-state index contributed by atoms with van der Waals surface area (Å²) in [5.74, 6) is 0.850. The maximum Gasteiger partial charge on any atom is 0.118 e. The molecule has 0 radical (unpaired) electrons. The number of hydrogen-bond donors (Lipinski definition) is 1. The van der Waals surface area contributed by atoms with Gasteiger partial charge in [-0.1, -0.05) is 50.3 Å². The van der Waals surface area contributed by atoms with Gasteiger partial charge in [0.25, 0.3) is 0 Å². The number of benzene rings is 2. The van der Waals surface area contributed by atoms with Gasteiger partial charge in [0.15, 0.2) is 0 Å². The molecule has 2 aromatic carbocycles. The Morgan fingerprint density at radius 2 is 1.94 bits per heavy atom. The van der Waals surface area contributed by atoms with Gasteiger partial charge in [0, 0.05) is 40.5 Å². The van der Waals surface area contributed by atoms with E-state index in [1.165, 1.54) is 10.9 Å². The third kappa shape index (κ3) is 3.39. The second kappa shape index (κ2) is 7.79. The highest BCUT2D eigenvalue weighted by Crippen LogP contribution is 2.46.